The predicted molar refractivity (Wildman–Crippen MR) is 108 cm³/mol. The summed E-state index contributed by atoms with van der Waals surface area (Å²) in [6, 6.07) is 9.98. The number of phenols is 1. The van der Waals surface area contributed by atoms with E-state index >= 15 is 0 Å². The number of aromatic nitrogens is 3. The molecule has 3 aromatic rings. The van der Waals surface area contributed by atoms with Gasteiger partial charge in [0.1, 0.15) is 5.75 Å². The van der Waals surface area contributed by atoms with Crippen molar-refractivity contribution in [3.05, 3.63) is 41.6 Å². The van der Waals surface area contributed by atoms with E-state index in [0.717, 1.165) is 41.1 Å². The molecule has 2 aromatic heterocycles. The van der Waals surface area contributed by atoms with E-state index in [1.54, 1.807) is 12.1 Å². The number of H-pyrrole nitrogens is 1. The van der Waals surface area contributed by atoms with Gasteiger partial charge in [0.15, 0.2) is 5.65 Å². The van der Waals surface area contributed by atoms with Crippen LogP contribution in [0.4, 0.5) is 0 Å². The molecule has 6 heteroatoms. The van der Waals surface area contributed by atoms with Gasteiger partial charge in [-0.15, -0.1) is 0 Å². The summed E-state index contributed by atoms with van der Waals surface area (Å²) in [5.41, 5.74) is 4.84. The largest absolute Gasteiger partial charge is 0.508 e. The van der Waals surface area contributed by atoms with Crippen LogP contribution >= 0.6 is 0 Å². The molecule has 1 fully saturated rings. The molecular formula is C21H27N5O. The van der Waals surface area contributed by atoms with Crippen molar-refractivity contribution in [2.24, 2.45) is 0 Å². The van der Waals surface area contributed by atoms with Crippen LogP contribution in [0.25, 0.3) is 22.3 Å². The number of hydrogen-bond acceptors (Lipinski definition) is 5. The van der Waals surface area contributed by atoms with E-state index in [9.17, 15) is 5.11 Å². The molecule has 1 unspecified atom stereocenters. The number of fused-ring (bicyclic) bond motifs is 1. The molecule has 1 aliphatic rings. The van der Waals surface area contributed by atoms with Crippen molar-refractivity contribution < 1.29 is 5.11 Å². The highest BCUT2D eigenvalue weighted by Gasteiger charge is 2.20. The van der Waals surface area contributed by atoms with Crippen LogP contribution in [0.1, 0.15) is 30.5 Å². The molecule has 4 rings (SSSR count). The van der Waals surface area contributed by atoms with Gasteiger partial charge in [-0.3, -0.25) is 5.10 Å². The third kappa shape index (κ3) is 3.82. The van der Waals surface area contributed by atoms with Gasteiger partial charge in [0.2, 0.25) is 0 Å². The van der Waals surface area contributed by atoms with Crippen molar-refractivity contribution in [2.45, 2.75) is 38.8 Å². The van der Waals surface area contributed by atoms with Crippen molar-refractivity contribution in [1.29, 1.82) is 0 Å². The number of rotatable bonds is 6. The van der Waals surface area contributed by atoms with E-state index in [1.807, 2.05) is 19.1 Å². The van der Waals surface area contributed by atoms with Crippen LogP contribution in [0.5, 0.6) is 5.75 Å². The number of benzene rings is 1. The lowest BCUT2D eigenvalue weighted by Gasteiger charge is -2.19. The molecule has 0 spiro atoms. The van der Waals surface area contributed by atoms with E-state index in [1.165, 1.54) is 31.4 Å². The molecule has 1 aliphatic heterocycles. The Morgan fingerprint density at radius 1 is 1.30 bits per heavy atom. The van der Waals surface area contributed by atoms with Crippen molar-refractivity contribution in [3.8, 4) is 17.0 Å². The number of pyridine rings is 1. The zero-order valence-electron chi connectivity index (χ0n) is 16.0. The van der Waals surface area contributed by atoms with Crippen LogP contribution in [0.2, 0.25) is 0 Å². The van der Waals surface area contributed by atoms with Gasteiger partial charge in [-0.05, 0) is 82.2 Å². The highest BCUT2D eigenvalue weighted by molar-refractivity contribution is 5.84. The quantitative estimate of drug-likeness (QED) is 0.585. The molecule has 1 atom stereocenters. The van der Waals surface area contributed by atoms with Gasteiger partial charge < -0.3 is 15.3 Å². The predicted octanol–water partition coefficient (Wildman–Crippen LogP) is 3.21. The second-order valence-corrected chi connectivity index (χ2v) is 7.50. The number of aromatic hydroxyl groups is 1. The Balaban J connectivity index is 1.53. The summed E-state index contributed by atoms with van der Waals surface area (Å²) >= 11 is 0. The zero-order chi connectivity index (χ0) is 18.8. The zero-order valence-corrected chi connectivity index (χ0v) is 16.0. The lowest BCUT2D eigenvalue weighted by molar-refractivity contribution is 0.293. The Kier molecular flexibility index (Phi) is 5.09. The fraction of sp³-hybridized carbons (Fsp3) is 0.429. The van der Waals surface area contributed by atoms with Crippen LogP contribution in [-0.4, -0.2) is 51.4 Å². The number of phenolic OH excluding ortho intramolecular Hbond substituents is 1. The summed E-state index contributed by atoms with van der Waals surface area (Å²) in [7, 11) is 2.23. The summed E-state index contributed by atoms with van der Waals surface area (Å²) in [6.07, 6.45) is 3.81. The van der Waals surface area contributed by atoms with E-state index in [2.05, 4.69) is 33.5 Å². The number of nitrogens with zero attached hydrogens (tertiary/aromatic N) is 3. The molecule has 3 heterocycles. The molecular weight excluding hydrogens is 338 g/mol. The van der Waals surface area contributed by atoms with Gasteiger partial charge in [0.25, 0.3) is 0 Å². The van der Waals surface area contributed by atoms with Crippen molar-refractivity contribution in [1.82, 2.24) is 25.4 Å². The molecule has 0 aliphatic carbocycles. The molecule has 6 nitrogen and oxygen atoms in total. The molecule has 0 amide bonds. The van der Waals surface area contributed by atoms with Gasteiger partial charge in [-0.25, -0.2) is 4.98 Å². The van der Waals surface area contributed by atoms with E-state index in [0.29, 0.717) is 6.04 Å². The minimum absolute atomic E-state index is 0.259. The molecule has 0 saturated carbocycles. The van der Waals surface area contributed by atoms with Crippen LogP contribution in [-0.2, 0) is 6.54 Å². The molecule has 3 N–H and O–H groups in total. The summed E-state index contributed by atoms with van der Waals surface area (Å²) in [4.78, 5) is 7.17. The lowest BCUT2D eigenvalue weighted by Crippen LogP contribution is -2.29. The maximum absolute atomic E-state index is 9.53. The first-order valence-corrected chi connectivity index (χ1v) is 9.67. The Morgan fingerprint density at radius 2 is 2.11 bits per heavy atom. The fourth-order valence-corrected chi connectivity index (χ4v) is 4.02. The molecule has 27 heavy (non-hydrogen) atoms. The third-order valence-electron chi connectivity index (χ3n) is 5.59. The standard InChI is InChI=1S/C21H27N5O/c1-14-20-16(13-22-10-9-17-4-3-11-26(17)2)12-19(23-21(20)25-24-14)15-5-7-18(27)8-6-15/h5-8,12,17,22,27H,3-4,9-11,13H2,1-2H3,(H,23,24,25). The van der Waals surface area contributed by atoms with Gasteiger partial charge in [0, 0.05) is 29.2 Å². The van der Waals surface area contributed by atoms with E-state index < -0.39 is 0 Å². The number of aromatic amines is 1. The van der Waals surface area contributed by atoms with Gasteiger partial charge in [-0.1, -0.05) is 0 Å². The third-order valence-corrected chi connectivity index (χ3v) is 5.59. The normalized spacial score (nSPS) is 17.8. The molecule has 1 saturated heterocycles. The van der Waals surface area contributed by atoms with Crippen molar-refractivity contribution in [3.63, 3.8) is 0 Å². The minimum Gasteiger partial charge on any atom is -0.508 e. The molecule has 1 aromatic carbocycles. The number of likely N-dealkylation sites (tertiary alicyclic amines) is 1. The van der Waals surface area contributed by atoms with Gasteiger partial charge >= 0.3 is 0 Å². The molecule has 0 radical (unpaired) electrons. The second-order valence-electron chi connectivity index (χ2n) is 7.50. The summed E-state index contributed by atoms with van der Waals surface area (Å²) in [5, 5.41) is 21.7. The van der Waals surface area contributed by atoms with E-state index in [-0.39, 0.29) is 5.75 Å². The second kappa shape index (κ2) is 7.66. The van der Waals surface area contributed by atoms with Gasteiger partial charge in [0.05, 0.1) is 5.69 Å². The summed E-state index contributed by atoms with van der Waals surface area (Å²) in [6.45, 7) is 5.05. The first kappa shape index (κ1) is 17.9. The molecule has 0 bridgehead atoms. The maximum atomic E-state index is 9.53. The summed E-state index contributed by atoms with van der Waals surface area (Å²) in [5.74, 6) is 0.259. The maximum Gasteiger partial charge on any atom is 0.182 e. The van der Waals surface area contributed by atoms with Crippen LogP contribution in [0, 0.1) is 6.92 Å². The fourth-order valence-electron chi connectivity index (χ4n) is 4.02. The molecule has 142 valence electrons. The van der Waals surface area contributed by atoms with E-state index in [4.69, 9.17) is 4.98 Å². The Labute approximate surface area is 159 Å². The average molecular weight is 365 g/mol. The Hall–Kier alpha value is -2.44. The topological polar surface area (TPSA) is 77.1 Å². The first-order valence-electron chi connectivity index (χ1n) is 9.67. The van der Waals surface area contributed by atoms with Crippen molar-refractivity contribution >= 4 is 11.0 Å². The SMILES string of the molecule is Cc1[nH]nc2nc(-c3ccc(O)cc3)cc(CNCCC3CCCN3C)c12. The lowest BCUT2D eigenvalue weighted by atomic mass is 10.1. The highest BCUT2D eigenvalue weighted by atomic mass is 16.3. The first-order chi connectivity index (χ1) is 13.1. The minimum atomic E-state index is 0.259. The Morgan fingerprint density at radius 3 is 2.85 bits per heavy atom. The average Bonchev–Trinajstić information content (AvgIpc) is 3.25. The van der Waals surface area contributed by atoms with Crippen LogP contribution in [0.15, 0.2) is 30.3 Å². The highest BCUT2D eigenvalue weighted by Crippen LogP contribution is 2.27. The summed E-state index contributed by atoms with van der Waals surface area (Å²) < 4.78 is 0. The van der Waals surface area contributed by atoms with Crippen molar-refractivity contribution in [2.75, 3.05) is 20.1 Å². The van der Waals surface area contributed by atoms with Gasteiger partial charge in [-0.2, -0.15) is 5.10 Å². The smallest absolute Gasteiger partial charge is 0.182 e. The number of hydrogen-bond donors (Lipinski definition) is 3. The number of nitrogens with one attached hydrogen (secondary N) is 2. The monoisotopic (exact) mass is 365 g/mol. The van der Waals surface area contributed by atoms with Crippen LogP contribution in [0.3, 0.4) is 0 Å². The number of aryl methyl sites for hydroxylation is 1. The van der Waals surface area contributed by atoms with Crippen LogP contribution < -0.4 is 5.32 Å². The Bertz CT molecular complexity index is 918.